The zero-order valence-corrected chi connectivity index (χ0v) is 13.0. The minimum atomic E-state index is 0.508. The van der Waals surface area contributed by atoms with Gasteiger partial charge >= 0.3 is 0 Å². The molecule has 0 saturated carbocycles. The summed E-state index contributed by atoms with van der Waals surface area (Å²) in [5.74, 6) is 0. The molecule has 1 heterocycles. The quantitative estimate of drug-likeness (QED) is 0.913. The van der Waals surface area contributed by atoms with Gasteiger partial charge in [0.1, 0.15) is 0 Å². The van der Waals surface area contributed by atoms with Crippen molar-refractivity contribution in [2.45, 2.75) is 39.7 Å². The van der Waals surface area contributed by atoms with Crippen LogP contribution in [0.3, 0.4) is 0 Å². The molecule has 2 nitrogen and oxygen atoms in total. The Morgan fingerprint density at radius 3 is 2.61 bits per heavy atom. The average Bonchev–Trinajstić information content (AvgIpc) is 2.83. The molecule has 0 atom stereocenters. The highest BCUT2D eigenvalue weighted by molar-refractivity contribution is 9.10. The molecule has 1 fully saturated rings. The van der Waals surface area contributed by atoms with Crippen molar-refractivity contribution in [3.8, 4) is 0 Å². The SMILES string of the molecule is CCC1(CC)CCN(c2cc(Br)ccc2CN)C1. The van der Waals surface area contributed by atoms with Gasteiger partial charge in [-0.3, -0.25) is 0 Å². The minimum absolute atomic E-state index is 0.508. The van der Waals surface area contributed by atoms with Crippen molar-refractivity contribution >= 4 is 21.6 Å². The van der Waals surface area contributed by atoms with Crippen molar-refractivity contribution < 1.29 is 0 Å². The van der Waals surface area contributed by atoms with Crippen molar-refractivity contribution in [1.29, 1.82) is 0 Å². The van der Waals surface area contributed by atoms with Crippen LogP contribution in [0.2, 0.25) is 0 Å². The summed E-state index contributed by atoms with van der Waals surface area (Å²) in [6, 6.07) is 6.43. The van der Waals surface area contributed by atoms with Gasteiger partial charge in [-0.2, -0.15) is 0 Å². The number of halogens is 1. The molecule has 1 aliphatic heterocycles. The van der Waals surface area contributed by atoms with Gasteiger partial charge in [-0.15, -0.1) is 0 Å². The van der Waals surface area contributed by atoms with E-state index in [-0.39, 0.29) is 0 Å². The molecule has 1 saturated heterocycles. The van der Waals surface area contributed by atoms with Crippen LogP contribution in [-0.2, 0) is 6.54 Å². The van der Waals surface area contributed by atoms with Crippen molar-refractivity contribution in [1.82, 2.24) is 0 Å². The molecule has 1 aromatic carbocycles. The lowest BCUT2D eigenvalue weighted by Crippen LogP contribution is -2.27. The second kappa shape index (κ2) is 5.62. The van der Waals surface area contributed by atoms with Crippen molar-refractivity contribution in [2.75, 3.05) is 18.0 Å². The summed E-state index contributed by atoms with van der Waals surface area (Å²) in [7, 11) is 0. The minimum Gasteiger partial charge on any atom is -0.371 e. The van der Waals surface area contributed by atoms with Gasteiger partial charge in [-0.05, 0) is 42.4 Å². The van der Waals surface area contributed by atoms with Crippen LogP contribution in [0.5, 0.6) is 0 Å². The third kappa shape index (κ3) is 2.57. The molecule has 3 heteroatoms. The van der Waals surface area contributed by atoms with Gasteiger partial charge in [0.05, 0.1) is 0 Å². The number of nitrogens with zero attached hydrogens (tertiary/aromatic N) is 1. The maximum atomic E-state index is 5.86. The fourth-order valence-corrected chi connectivity index (χ4v) is 3.32. The van der Waals surface area contributed by atoms with Gasteiger partial charge in [-0.1, -0.05) is 35.8 Å². The van der Waals surface area contributed by atoms with Crippen LogP contribution in [0.4, 0.5) is 5.69 Å². The Labute approximate surface area is 119 Å². The summed E-state index contributed by atoms with van der Waals surface area (Å²) >= 11 is 3.57. The molecule has 2 rings (SSSR count). The van der Waals surface area contributed by atoms with Gasteiger partial charge in [0.2, 0.25) is 0 Å². The van der Waals surface area contributed by atoms with Gasteiger partial charge in [-0.25, -0.2) is 0 Å². The summed E-state index contributed by atoms with van der Waals surface area (Å²) in [6.07, 6.45) is 3.84. The van der Waals surface area contributed by atoms with Crippen LogP contribution in [0.25, 0.3) is 0 Å². The predicted molar refractivity (Wildman–Crippen MR) is 81.9 cm³/mol. The van der Waals surface area contributed by atoms with E-state index in [0.29, 0.717) is 12.0 Å². The first-order valence-electron chi connectivity index (χ1n) is 6.87. The molecular weight excluding hydrogens is 288 g/mol. The lowest BCUT2D eigenvalue weighted by molar-refractivity contribution is 0.301. The summed E-state index contributed by atoms with van der Waals surface area (Å²) in [4.78, 5) is 2.51. The van der Waals surface area contributed by atoms with Crippen LogP contribution in [-0.4, -0.2) is 13.1 Å². The molecule has 1 aromatic rings. The second-order valence-corrected chi connectivity index (χ2v) is 6.27. The molecular formula is C15H23BrN2. The van der Waals surface area contributed by atoms with E-state index in [0.717, 1.165) is 11.0 Å². The number of nitrogens with two attached hydrogens (primary N) is 1. The molecule has 2 N–H and O–H groups in total. The van der Waals surface area contributed by atoms with Gasteiger partial charge in [0, 0.05) is 29.8 Å². The fraction of sp³-hybridized carbons (Fsp3) is 0.600. The van der Waals surface area contributed by atoms with Crippen LogP contribution < -0.4 is 10.6 Å². The summed E-state index contributed by atoms with van der Waals surface area (Å²) in [5.41, 5.74) is 8.93. The highest BCUT2D eigenvalue weighted by Crippen LogP contribution is 2.40. The Balaban J connectivity index is 2.26. The Morgan fingerprint density at radius 2 is 2.06 bits per heavy atom. The lowest BCUT2D eigenvalue weighted by atomic mass is 9.82. The van der Waals surface area contributed by atoms with Crippen LogP contribution in [0.15, 0.2) is 22.7 Å². The highest BCUT2D eigenvalue weighted by Gasteiger charge is 2.35. The molecule has 0 amide bonds. The highest BCUT2D eigenvalue weighted by atomic mass is 79.9. The third-order valence-corrected chi connectivity index (χ3v) is 5.04. The average molecular weight is 311 g/mol. The molecule has 0 aliphatic carbocycles. The van der Waals surface area contributed by atoms with Crippen molar-refractivity contribution in [3.05, 3.63) is 28.2 Å². The number of rotatable bonds is 4. The van der Waals surface area contributed by atoms with Gasteiger partial charge in [0.15, 0.2) is 0 Å². The summed E-state index contributed by atoms with van der Waals surface area (Å²) < 4.78 is 1.14. The number of benzene rings is 1. The fourth-order valence-electron chi connectivity index (χ4n) is 2.97. The third-order valence-electron chi connectivity index (χ3n) is 4.55. The number of hydrogen-bond donors (Lipinski definition) is 1. The van der Waals surface area contributed by atoms with Crippen molar-refractivity contribution in [3.63, 3.8) is 0 Å². The largest absolute Gasteiger partial charge is 0.371 e. The topological polar surface area (TPSA) is 29.3 Å². The Morgan fingerprint density at radius 1 is 1.33 bits per heavy atom. The van der Waals surface area contributed by atoms with Crippen LogP contribution in [0, 0.1) is 5.41 Å². The molecule has 0 aromatic heterocycles. The van der Waals surface area contributed by atoms with Crippen LogP contribution in [0.1, 0.15) is 38.7 Å². The first-order chi connectivity index (χ1) is 8.64. The smallest absolute Gasteiger partial charge is 0.0423 e. The van der Waals surface area contributed by atoms with Gasteiger partial charge < -0.3 is 10.6 Å². The Bertz CT molecular complexity index is 413. The van der Waals surface area contributed by atoms with E-state index in [2.05, 4.69) is 52.9 Å². The molecule has 0 unspecified atom stereocenters. The molecule has 1 aliphatic rings. The Hall–Kier alpha value is -0.540. The standard InChI is InChI=1S/C15H23BrN2/c1-3-15(4-2)7-8-18(11-15)14-9-13(16)6-5-12(14)10-17/h5-6,9H,3-4,7-8,10-11,17H2,1-2H3. The normalized spacial score (nSPS) is 18.3. The zero-order valence-electron chi connectivity index (χ0n) is 11.4. The lowest BCUT2D eigenvalue weighted by Gasteiger charge is -2.28. The van der Waals surface area contributed by atoms with Crippen LogP contribution >= 0.6 is 15.9 Å². The maximum absolute atomic E-state index is 5.86. The van der Waals surface area contributed by atoms with Crippen molar-refractivity contribution in [2.24, 2.45) is 11.1 Å². The molecule has 0 bridgehead atoms. The monoisotopic (exact) mass is 310 g/mol. The number of hydrogen-bond acceptors (Lipinski definition) is 2. The van der Waals surface area contributed by atoms with Gasteiger partial charge in [0.25, 0.3) is 0 Å². The van der Waals surface area contributed by atoms with E-state index in [1.165, 1.54) is 37.1 Å². The Kier molecular flexibility index (Phi) is 4.33. The van der Waals surface area contributed by atoms with E-state index in [1.54, 1.807) is 0 Å². The van der Waals surface area contributed by atoms with E-state index in [4.69, 9.17) is 5.73 Å². The molecule has 0 spiro atoms. The molecule has 18 heavy (non-hydrogen) atoms. The second-order valence-electron chi connectivity index (χ2n) is 5.36. The summed E-state index contributed by atoms with van der Waals surface area (Å²) in [6.45, 7) is 7.58. The molecule has 100 valence electrons. The first kappa shape index (κ1) is 13.9. The summed E-state index contributed by atoms with van der Waals surface area (Å²) in [5, 5.41) is 0. The number of anilines is 1. The zero-order chi connectivity index (χ0) is 13.2. The first-order valence-corrected chi connectivity index (χ1v) is 7.67. The van der Waals surface area contributed by atoms with E-state index in [9.17, 15) is 0 Å². The molecule has 0 radical (unpaired) electrons. The van der Waals surface area contributed by atoms with E-state index < -0.39 is 0 Å². The maximum Gasteiger partial charge on any atom is 0.0423 e. The predicted octanol–water partition coefficient (Wildman–Crippen LogP) is 3.92. The van der Waals surface area contributed by atoms with E-state index >= 15 is 0 Å². The van der Waals surface area contributed by atoms with E-state index in [1.807, 2.05) is 0 Å².